The van der Waals surface area contributed by atoms with Crippen LogP contribution in [-0.2, 0) is 17.8 Å². The first kappa shape index (κ1) is 25.4. The fourth-order valence-electron chi connectivity index (χ4n) is 3.75. The Kier molecular flexibility index (Phi) is 9.87. The number of amides is 1. The maximum atomic E-state index is 12.4. The molecule has 0 spiro atoms. The molecule has 0 aliphatic carbocycles. The molecule has 0 unspecified atom stereocenters. The number of hydrogen-bond acceptors (Lipinski definition) is 7. The molecule has 3 rings (SSSR count). The molecular weight excluding hydrogens is 418 g/mol. The highest BCUT2D eigenvalue weighted by molar-refractivity contribution is 5.91. The molecule has 2 aromatic rings. The maximum absolute atomic E-state index is 12.4. The van der Waals surface area contributed by atoms with Gasteiger partial charge < -0.3 is 19.4 Å². The van der Waals surface area contributed by atoms with E-state index in [-0.39, 0.29) is 5.91 Å². The Bertz CT molecular complexity index is 844. The van der Waals surface area contributed by atoms with Crippen molar-refractivity contribution in [3.8, 4) is 0 Å². The van der Waals surface area contributed by atoms with Gasteiger partial charge >= 0.3 is 0 Å². The van der Waals surface area contributed by atoms with Crippen molar-refractivity contribution in [3.63, 3.8) is 0 Å². The first-order valence-electron chi connectivity index (χ1n) is 11.9. The number of hydrogen-bond donors (Lipinski definition) is 1. The number of aromatic nitrogens is 1. The van der Waals surface area contributed by atoms with Crippen LogP contribution < -0.4 is 5.32 Å². The summed E-state index contributed by atoms with van der Waals surface area (Å²) < 4.78 is 11.1. The van der Waals surface area contributed by atoms with E-state index < -0.39 is 0 Å². The summed E-state index contributed by atoms with van der Waals surface area (Å²) in [4.78, 5) is 23.6. The summed E-state index contributed by atoms with van der Waals surface area (Å²) >= 11 is 0. The molecule has 8 heteroatoms. The molecule has 2 heterocycles. The van der Waals surface area contributed by atoms with Crippen molar-refractivity contribution in [2.45, 2.75) is 32.9 Å². The number of nitrogens with zero attached hydrogens (tertiary/aromatic N) is 4. The van der Waals surface area contributed by atoms with E-state index in [9.17, 15) is 4.79 Å². The first-order chi connectivity index (χ1) is 15.9. The van der Waals surface area contributed by atoms with Crippen LogP contribution in [-0.4, -0.2) is 92.2 Å². The first-order valence-corrected chi connectivity index (χ1v) is 11.9. The third kappa shape index (κ3) is 8.55. The molecule has 1 aromatic carbocycles. The summed E-state index contributed by atoms with van der Waals surface area (Å²) in [6, 6.07) is 8.83. The Morgan fingerprint density at radius 2 is 1.85 bits per heavy atom. The summed E-state index contributed by atoms with van der Waals surface area (Å²) in [5.41, 5.74) is 2.93. The highest BCUT2D eigenvalue weighted by Crippen LogP contribution is 2.17. The zero-order chi connectivity index (χ0) is 23.6. The molecule has 182 valence electrons. The molecule has 0 radical (unpaired) electrons. The molecule has 1 amide bonds. The topological polar surface area (TPSA) is 74.1 Å². The van der Waals surface area contributed by atoms with Crippen molar-refractivity contribution in [2.75, 3.05) is 66.6 Å². The molecule has 1 saturated heterocycles. The number of likely N-dealkylation sites (N-methyl/N-ethyl adjacent to an activating group) is 1. The third-order valence-corrected chi connectivity index (χ3v) is 5.88. The number of ether oxygens (including phenoxy) is 1. The zero-order valence-electron chi connectivity index (χ0n) is 20.5. The summed E-state index contributed by atoms with van der Waals surface area (Å²) in [5, 5.41) is 2.88. The lowest BCUT2D eigenvalue weighted by Crippen LogP contribution is -2.41. The molecule has 1 aliphatic heterocycles. The lowest BCUT2D eigenvalue weighted by molar-refractivity contribution is 0.0320. The lowest BCUT2D eigenvalue weighted by Gasteiger charge is -2.29. The molecule has 1 aliphatic rings. The van der Waals surface area contributed by atoms with Crippen LogP contribution in [0.5, 0.6) is 0 Å². The highest BCUT2D eigenvalue weighted by Gasteiger charge is 2.17. The van der Waals surface area contributed by atoms with E-state index in [0.29, 0.717) is 30.6 Å². The summed E-state index contributed by atoms with van der Waals surface area (Å²) in [5.74, 6) is 0.885. The minimum atomic E-state index is -0.198. The third-order valence-electron chi connectivity index (χ3n) is 5.88. The molecule has 0 atom stereocenters. The van der Waals surface area contributed by atoms with Crippen LogP contribution in [0.4, 0.5) is 0 Å². The van der Waals surface area contributed by atoms with Crippen molar-refractivity contribution in [3.05, 3.63) is 53.2 Å². The predicted molar refractivity (Wildman–Crippen MR) is 129 cm³/mol. The van der Waals surface area contributed by atoms with Gasteiger partial charge in [0.05, 0.1) is 19.8 Å². The van der Waals surface area contributed by atoms with Gasteiger partial charge in [0.1, 0.15) is 6.26 Å². The van der Waals surface area contributed by atoms with E-state index in [1.54, 1.807) is 0 Å². The van der Waals surface area contributed by atoms with Gasteiger partial charge in [0.2, 0.25) is 5.89 Å². The van der Waals surface area contributed by atoms with Crippen molar-refractivity contribution in [2.24, 2.45) is 0 Å². The van der Waals surface area contributed by atoms with Gasteiger partial charge in [-0.3, -0.25) is 14.6 Å². The van der Waals surface area contributed by atoms with Gasteiger partial charge in [0.15, 0.2) is 5.69 Å². The summed E-state index contributed by atoms with van der Waals surface area (Å²) in [6.07, 6.45) is 1.46. The Labute approximate surface area is 197 Å². The Morgan fingerprint density at radius 3 is 2.52 bits per heavy atom. The highest BCUT2D eigenvalue weighted by atomic mass is 16.5. The lowest BCUT2D eigenvalue weighted by atomic mass is 10.0. The average Bonchev–Trinajstić information content (AvgIpc) is 3.27. The van der Waals surface area contributed by atoms with Crippen LogP contribution in [0.2, 0.25) is 0 Å². The number of nitrogens with one attached hydrogen (secondary N) is 1. The minimum absolute atomic E-state index is 0.198. The summed E-state index contributed by atoms with van der Waals surface area (Å²) in [6.45, 7) is 12.5. The molecule has 8 nitrogen and oxygen atoms in total. The van der Waals surface area contributed by atoms with Crippen molar-refractivity contribution in [1.82, 2.24) is 25.0 Å². The second-order valence-corrected chi connectivity index (χ2v) is 9.25. The predicted octanol–water partition coefficient (Wildman–Crippen LogP) is 2.42. The number of carbonyl (C=O) groups is 1. The molecule has 33 heavy (non-hydrogen) atoms. The zero-order valence-corrected chi connectivity index (χ0v) is 20.5. The van der Waals surface area contributed by atoms with E-state index in [2.05, 4.69) is 58.2 Å². The van der Waals surface area contributed by atoms with Crippen molar-refractivity contribution in [1.29, 1.82) is 0 Å². The molecule has 1 N–H and O–H groups in total. The SMILES string of the molecule is CC(C)c1ccc(CN(CCN2CCOCC2)Cc2nc(C(=O)NCCN(C)C)co2)cc1. The van der Waals surface area contributed by atoms with Crippen LogP contribution in [0.15, 0.2) is 34.9 Å². The van der Waals surface area contributed by atoms with E-state index in [1.807, 2.05) is 19.0 Å². The number of carbonyl (C=O) groups excluding carboxylic acids is 1. The van der Waals surface area contributed by atoms with Gasteiger partial charge in [-0.15, -0.1) is 0 Å². The molecular formula is C25H39N5O3. The number of rotatable bonds is 12. The van der Waals surface area contributed by atoms with E-state index in [4.69, 9.17) is 9.15 Å². The smallest absolute Gasteiger partial charge is 0.273 e. The monoisotopic (exact) mass is 457 g/mol. The van der Waals surface area contributed by atoms with E-state index in [1.165, 1.54) is 17.4 Å². The fourth-order valence-corrected chi connectivity index (χ4v) is 3.75. The van der Waals surface area contributed by atoms with E-state index in [0.717, 1.165) is 52.5 Å². The van der Waals surface area contributed by atoms with Crippen molar-refractivity contribution >= 4 is 5.91 Å². The van der Waals surface area contributed by atoms with Gasteiger partial charge in [0, 0.05) is 45.8 Å². The van der Waals surface area contributed by atoms with Crippen LogP contribution in [0.25, 0.3) is 0 Å². The van der Waals surface area contributed by atoms with Crippen LogP contribution in [0.3, 0.4) is 0 Å². The van der Waals surface area contributed by atoms with Gasteiger partial charge in [0.25, 0.3) is 5.91 Å². The molecule has 0 saturated carbocycles. The normalized spacial score (nSPS) is 15.0. The minimum Gasteiger partial charge on any atom is -0.447 e. The molecule has 1 aromatic heterocycles. The second-order valence-electron chi connectivity index (χ2n) is 9.25. The van der Waals surface area contributed by atoms with Crippen molar-refractivity contribution < 1.29 is 13.9 Å². The second kappa shape index (κ2) is 12.8. The molecule has 0 bridgehead atoms. The number of morpholine rings is 1. The quantitative estimate of drug-likeness (QED) is 0.525. The standard InChI is InChI=1S/C25H39N5O3/c1-20(2)22-7-5-21(6-8-22)17-30(12-11-29-13-15-32-16-14-29)18-24-27-23(19-33-24)25(31)26-9-10-28(3)4/h5-8,19-20H,9-18H2,1-4H3,(H,26,31). The van der Waals surface area contributed by atoms with Crippen LogP contribution in [0, 0.1) is 0 Å². The van der Waals surface area contributed by atoms with Gasteiger partial charge in [-0.25, -0.2) is 4.98 Å². The average molecular weight is 458 g/mol. The maximum Gasteiger partial charge on any atom is 0.273 e. The largest absolute Gasteiger partial charge is 0.447 e. The number of benzene rings is 1. The van der Waals surface area contributed by atoms with Gasteiger partial charge in [-0.1, -0.05) is 38.1 Å². The Balaban J connectivity index is 1.61. The van der Waals surface area contributed by atoms with E-state index >= 15 is 0 Å². The Morgan fingerprint density at radius 1 is 1.12 bits per heavy atom. The van der Waals surface area contributed by atoms with Crippen LogP contribution >= 0.6 is 0 Å². The number of oxazole rings is 1. The van der Waals surface area contributed by atoms with Gasteiger partial charge in [-0.05, 0) is 31.1 Å². The molecule has 1 fully saturated rings. The summed E-state index contributed by atoms with van der Waals surface area (Å²) in [7, 11) is 3.95. The fraction of sp³-hybridized carbons (Fsp3) is 0.600. The Hall–Kier alpha value is -2.26. The van der Waals surface area contributed by atoms with Crippen LogP contribution in [0.1, 0.15) is 47.3 Å². The van der Waals surface area contributed by atoms with Gasteiger partial charge in [-0.2, -0.15) is 0 Å².